The molecule has 3 nitrogen and oxygen atoms in total. The van der Waals surface area contributed by atoms with Gasteiger partial charge in [-0.05, 0) is 35.4 Å². The molecule has 0 radical (unpaired) electrons. The number of carbonyl (C=O) groups excluding carboxylic acids is 2. The number of esters is 2. The van der Waals surface area contributed by atoms with Crippen LogP contribution in [-0.4, -0.2) is 11.9 Å². The number of rotatable bonds is 1. The minimum Gasteiger partial charge on any atom is -0.386 e. The first-order valence-electron chi connectivity index (χ1n) is 5.94. The molecule has 2 aromatic rings. The van der Waals surface area contributed by atoms with Gasteiger partial charge in [-0.15, -0.1) is 0 Å². The Hall–Kier alpha value is -2.63. The standard InChI is InChI=1S/C15H7F3O3/c16-15(17,18)10-3-1-2-8(6-10)9-4-5-11-12(7-9)14(20)21-13(11)19/h1-7H. The summed E-state index contributed by atoms with van der Waals surface area (Å²) in [6.07, 6.45) is -4.44. The van der Waals surface area contributed by atoms with Crippen LogP contribution < -0.4 is 0 Å². The molecule has 106 valence electrons. The molecule has 1 aliphatic heterocycles. The fourth-order valence-electron chi connectivity index (χ4n) is 2.14. The number of ether oxygens (including phenoxy) is 1. The lowest BCUT2D eigenvalue weighted by Crippen LogP contribution is -2.04. The molecule has 0 aliphatic carbocycles. The van der Waals surface area contributed by atoms with Crippen molar-refractivity contribution in [1.29, 1.82) is 0 Å². The minimum absolute atomic E-state index is 0.0647. The minimum atomic E-state index is -4.44. The highest BCUT2D eigenvalue weighted by Gasteiger charge is 2.31. The van der Waals surface area contributed by atoms with E-state index < -0.39 is 23.7 Å². The molecule has 0 atom stereocenters. The second-order valence-electron chi connectivity index (χ2n) is 4.52. The predicted molar refractivity (Wildman–Crippen MR) is 66.6 cm³/mol. The molecule has 0 saturated heterocycles. The number of cyclic esters (lactones) is 2. The van der Waals surface area contributed by atoms with Gasteiger partial charge in [0.05, 0.1) is 16.7 Å². The Morgan fingerprint density at radius 3 is 2.19 bits per heavy atom. The summed E-state index contributed by atoms with van der Waals surface area (Å²) in [6, 6.07) is 8.96. The van der Waals surface area contributed by atoms with Crippen molar-refractivity contribution in [2.45, 2.75) is 6.18 Å². The first kappa shape index (κ1) is 13.4. The molecule has 0 aromatic heterocycles. The van der Waals surface area contributed by atoms with Crippen molar-refractivity contribution in [3.63, 3.8) is 0 Å². The molecule has 0 bridgehead atoms. The summed E-state index contributed by atoms with van der Waals surface area (Å²) in [6.45, 7) is 0. The smallest absolute Gasteiger partial charge is 0.386 e. The molecule has 0 amide bonds. The Balaban J connectivity index is 2.09. The van der Waals surface area contributed by atoms with Crippen LogP contribution in [0, 0.1) is 0 Å². The summed E-state index contributed by atoms with van der Waals surface area (Å²) in [5.74, 6) is -1.53. The maximum absolute atomic E-state index is 12.7. The van der Waals surface area contributed by atoms with Gasteiger partial charge < -0.3 is 4.74 Å². The van der Waals surface area contributed by atoms with Gasteiger partial charge in [-0.2, -0.15) is 13.2 Å². The molecular formula is C15H7F3O3. The fourth-order valence-corrected chi connectivity index (χ4v) is 2.14. The van der Waals surface area contributed by atoms with Crippen molar-refractivity contribution in [3.05, 3.63) is 59.2 Å². The maximum Gasteiger partial charge on any atom is 0.416 e. The van der Waals surface area contributed by atoms with Gasteiger partial charge in [0.2, 0.25) is 0 Å². The van der Waals surface area contributed by atoms with Gasteiger partial charge in [0.25, 0.3) is 0 Å². The summed E-state index contributed by atoms with van der Waals surface area (Å²) in [5.41, 5.74) is 0.121. The average molecular weight is 292 g/mol. The SMILES string of the molecule is O=C1OC(=O)c2cc(-c3cccc(C(F)(F)F)c3)ccc21. The van der Waals surface area contributed by atoms with Crippen molar-refractivity contribution in [2.24, 2.45) is 0 Å². The van der Waals surface area contributed by atoms with E-state index >= 15 is 0 Å². The zero-order valence-electron chi connectivity index (χ0n) is 10.4. The normalized spacial score (nSPS) is 14.0. The molecule has 3 rings (SSSR count). The van der Waals surface area contributed by atoms with Crippen LogP contribution in [0.2, 0.25) is 0 Å². The number of hydrogen-bond acceptors (Lipinski definition) is 3. The lowest BCUT2D eigenvalue weighted by molar-refractivity contribution is -0.137. The molecule has 2 aromatic carbocycles. The van der Waals surface area contributed by atoms with E-state index in [0.717, 1.165) is 12.1 Å². The van der Waals surface area contributed by atoms with Crippen LogP contribution in [0.5, 0.6) is 0 Å². The van der Waals surface area contributed by atoms with Crippen LogP contribution in [0.15, 0.2) is 42.5 Å². The van der Waals surface area contributed by atoms with Crippen molar-refractivity contribution >= 4 is 11.9 Å². The Bertz CT molecular complexity index is 763. The van der Waals surface area contributed by atoms with E-state index in [1.165, 1.54) is 30.3 Å². The van der Waals surface area contributed by atoms with Gasteiger partial charge in [-0.25, -0.2) is 9.59 Å². The molecule has 0 spiro atoms. The van der Waals surface area contributed by atoms with E-state index in [0.29, 0.717) is 11.1 Å². The second kappa shape index (κ2) is 4.44. The third-order valence-corrected chi connectivity index (χ3v) is 3.17. The zero-order chi connectivity index (χ0) is 15.2. The molecule has 1 aliphatic rings. The van der Waals surface area contributed by atoms with E-state index in [4.69, 9.17) is 0 Å². The zero-order valence-corrected chi connectivity index (χ0v) is 10.4. The maximum atomic E-state index is 12.7. The van der Waals surface area contributed by atoms with E-state index in [1.54, 1.807) is 0 Å². The van der Waals surface area contributed by atoms with E-state index in [2.05, 4.69) is 4.74 Å². The highest BCUT2D eigenvalue weighted by atomic mass is 19.4. The molecule has 6 heteroatoms. The summed E-state index contributed by atoms with van der Waals surface area (Å²) in [4.78, 5) is 22.8. The van der Waals surface area contributed by atoms with Crippen LogP contribution in [0.1, 0.15) is 26.3 Å². The van der Waals surface area contributed by atoms with E-state index in [-0.39, 0.29) is 11.1 Å². The van der Waals surface area contributed by atoms with Crippen LogP contribution in [0.3, 0.4) is 0 Å². The van der Waals surface area contributed by atoms with Gasteiger partial charge in [-0.3, -0.25) is 0 Å². The Labute approximate surface area is 117 Å². The first-order valence-corrected chi connectivity index (χ1v) is 5.94. The molecule has 21 heavy (non-hydrogen) atoms. The monoisotopic (exact) mass is 292 g/mol. The first-order chi connectivity index (χ1) is 9.86. The summed E-state index contributed by atoms with van der Waals surface area (Å²) in [5, 5.41) is 0. The number of halogens is 3. The molecule has 0 saturated carbocycles. The highest BCUT2D eigenvalue weighted by molar-refractivity contribution is 6.15. The van der Waals surface area contributed by atoms with Crippen molar-refractivity contribution in [3.8, 4) is 11.1 Å². The predicted octanol–water partition coefficient (Wildman–Crippen LogP) is 3.68. The van der Waals surface area contributed by atoms with Gasteiger partial charge in [0.15, 0.2) is 0 Å². The third kappa shape index (κ3) is 2.29. The summed E-state index contributed by atoms with van der Waals surface area (Å²) in [7, 11) is 0. The lowest BCUT2D eigenvalue weighted by Gasteiger charge is -2.09. The number of hydrogen-bond donors (Lipinski definition) is 0. The Morgan fingerprint density at radius 1 is 0.810 bits per heavy atom. The quantitative estimate of drug-likeness (QED) is 0.595. The lowest BCUT2D eigenvalue weighted by atomic mass is 9.98. The van der Waals surface area contributed by atoms with E-state index in [9.17, 15) is 22.8 Å². The van der Waals surface area contributed by atoms with Crippen molar-refractivity contribution in [1.82, 2.24) is 0 Å². The van der Waals surface area contributed by atoms with Gasteiger partial charge >= 0.3 is 18.1 Å². The summed E-state index contributed by atoms with van der Waals surface area (Å²) < 4.78 is 42.5. The van der Waals surface area contributed by atoms with Crippen molar-refractivity contribution < 1.29 is 27.5 Å². The van der Waals surface area contributed by atoms with Crippen LogP contribution in [0.4, 0.5) is 13.2 Å². The number of benzene rings is 2. The topological polar surface area (TPSA) is 43.4 Å². The van der Waals surface area contributed by atoms with Crippen LogP contribution >= 0.6 is 0 Å². The van der Waals surface area contributed by atoms with Gasteiger partial charge in [0.1, 0.15) is 0 Å². The van der Waals surface area contributed by atoms with E-state index in [1.807, 2.05) is 0 Å². The Morgan fingerprint density at radius 2 is 1.48 bits per heavy atom. The summed E-state index contributed by atoms with van der Waals surface area (Å²) >= 11 is 0. The van der Waals surface area contributed by atoms with Gasteiger partial charge in [0, 0.05) is 0 Å². The van der Waals surface area contributed by atoms with Crippen LogP contribution in [-0.2, 0) is 10.9 Å². The molecule has 0 unspecified atom stereocenters. The fraction of sp³-hybridized carbons (Fsp3) is 0.0667. The number of alkyl halides is 3. The largest absolute Gasteiger partial charge is 0.416 e. The molecular weight excluding hydrogens is 285 g/mol. The molecule has 1 heterocycles. The Kier molecular flexibility index (Phi) is 2.83. The number of fused-ring (bicyclic) bond motifs is 1. The van der Waals surface area contributed by atoms with Gasteiger partial charge in [-0.1, -0.05) is 18.2 Å². The molecule has 0 N–H and O–H groups in total. The number of carbonyl (C=O) groups is 2. The highest BCUT2D eigenvalue weighted by Crippen LogP contribution is 2.33. The molecule has 0 fully saturated rings. The van der Waals surface area contributed by atoms with Crippen LogP contribution in [0.25, 0.3) is 11.1 Å². The average Bonchev–Trinajstić information content (AvgIpc) is 2.73. The second-order valence-corrected chi connectivity index (χ2v) is 4.52. The third-order valence-electron chi connectivity index (χ3n) is 3.17. The van der Waals surface area contributed by atoms with Crippen molar-refractivity contribution in [2.75, 3.05) is 0 Å².